The molecule has 45 heavy (non-hydrogen) atoms. The second-order valence-corrected chi connectivity index (χ2v) is 10.3. The van der Waals surface area contributed by atoms with Crippen molar-refractivity contribution in [3.05, 3.63) is 76.7 Å². The van der Waals surface area contributed by atoms with Crippen molar-refractivity contribution in [1.82, 2.24) is 0 Å². The Hall–Kier alpha value is -3.23. The van der Waals surface area contributed by atoms with E-state index in [2.05, 4.69) is 15.0 Å². The van der Waals surface area contributed by atoms with Crippen LogP contribution in [0.1, 0.15) is 19.4 Å². The molecule has 0 saturated carbocycles. The Balaban J connectivity index is 1.53. The fraction of sp³-hybridized carbons (Fsp3) is 0.581. The summed E-state index contributed by atoms with van der Waals surface area (Å²) in [6, 6.07) is 17.1. The van der Waals surface area contributed by atoms with E-state index in [4.69, 9.17) is 38.7 Å². The number of halogens is 3. The summed E-state index contributed by atoms with van der Waals surface area (Å²) in [7, 11) is 0. The minimum absolute atomic E-state index is 0.102. The van der Waals surface area contributed by atoms with Crippen LogP contribution in [0.2, 0.25) is 0 Å². The van der Waals surface area contributed by atoms with Gasteiger partial charge in [0.1, 0.15) is 6.10 Å². The van der Waals surface area contributed by atoms with E-state index in [0.717, 1.165) is 5.56 Å². The van der Waals surface area contributed by atoms with E-state index in [9.17, 15) is 13.2 Å². The molecular weight excluding hydrogens is 597 g/mol. The Kier molecular flexibility index (Phi) is 16.1. The third-order valence-corrected chi connectivity index (χ3v) is 7.05. The number of hydrogen-bond acceptors (Lipinski definition) is 9. The number of azide groups is 1. The maximum Gasteiger partial charge on any atom is 0.468 e. The number of ether oxygens (including phenoxy) is 7. The molecule has 1 saturated heterocycles. The summed E-state index contributed by atoms with van der Waals surface area (Å²) in [5.41, 5.74) is 9.17. The predicted octanol–water partition coefficient (Wildman–Crippen LogP) is 6.25. The SMILES string of the molecule is C[C@@H]1C(COCCOCCOCCOCCN=[N+]=[N-])O[C@@H](OC(=Nc2ccccc2)C(F)(F)F)C(OCc2ccccc2)[C@H]1C. The number of hydrogen-bond donors (Lipinski definition) is 0. The van der Waals surface area contributed by atoms with E-state index in [0.29, 0.717) is 39.6 Å². The van der Waals surface area contributed by atoms with Crippen molar-refractivity contribution in [3.63, 3.8) is 0 Å². The molecule has 11 nitrogen and oxygen atoms in total. The van der Waals surface area contributed by atoms with Gasteiger partial charge >= 0.3 is 6.18 Å². The molecule has 0 radical (unpaired) electrons. The molecule has 0 spiro atoms. The molecule has 1 heterocycles. The highest BCUT2D eigenvalue weighted by Crippen LogP contribution is 2.35. The van der Waals surface area contributed by atoms with E-state index >= 15 is 0 Å². The first-order valence-corrected chi connectivity index (χ1v) is 14.8. The minimum atomic E-state index is -4.86. The van der Waals surface area contributed by atoms with Crippen LogP contribution >= 0.6 is 0 Å². The minimum Gasteiger partial charge on any atom is -0.441 e. The Bertz CT molecular complexity index is 1170. The molecule has 2 aromatic carbocycles. The van der Waals surface area contributed by atoms with Crippen LogP contribution < -0.4 is 0 Å². The van der Waals surface area contributed by atoms with Crippen LogP contribution in [0.4, 0.5) is 18.9 Å². The zero-order valence-corrected chi connectivity index (χ0v) is 25.5. The molecule has 5 atom stereocenters. The molecule has 2 unspecified atom stereocenters. The molecule has 1 aliphatic rings. The Morgan fingerprint density at radius 3 is 2.00 bits per heavy atom. The molecule has 0 aliphatic carbocycles. The zero-order chi connectivity index (χ0) is 32.3. The first-order chi connectivity index (χ1) is 21.8. The highest BCUT2D eigenvalue weighted by Gasteiger charge is 2.48. The van der Waals surface area contributed by atoms with Gasteiger partial charge in [-0.3, -0.25) is 0 Å². The van der Waals surface area contributed by atoms with Gasteiger partial charge < -0.3 is 33.2 Å². The molecule has 0 bridgehead atoms. The van der Waals surface area contributed by atoms with Crippen molar-refractivity contribution in [3.8, 4) is 0 Å². The lowest BCUT2D eigenvalue weighted by molar-refractivity contribution is -0.271. The molecule has 3 rings (SSSR count). The summed E-state index contributed by atoms with van der Waals surface area (Å²) in [5, 5.41) is 3.37. The monoisotopic (exact) mass is 638 g/mol. The van der Waals surface area contributed by atoms with E-state index in [1.165, 1.54) is 12.1 Å². The topological polar surface area (TPSA) is 126 Å². The highest BCUT2D eigenvalue weighted by molar-refractivity contribution is 5.84. The lowest BCUT2D eigenvalue weighted by Crippen LogP contribution is -2.54. The predicted molar refractivity (Wildman–Crippen MR) is 160 cm³/mol. The number of benzene rings is 2. The number of nitrogens with zero attached hydrogens (tertiary/aromatic N) is 4. The second-order valence-electron chi connectivity index (χ2n) is 10.3. The second kappa shape index (κ2) is 20.0. The van der Waals surface area contributed by atoms with Crippen molar-refractivity contribution < 1.29 is 46.3 Å². The third kappa shape index (κ3) is 13.3. The maximum atomic E-state index is 14.1. The molecule has 1 aliphatic heterocycles. The standard InChI is InChI=1S/C31H41F3N4O7/c1-23-24(2)28(43-21-25-9-5-3-6-10-25)29(45-30(31(32,33)34)37-26-11-7-4-8-12-26)44-27(23)22-42-20-19-41-18-17-40-16-15-39-14-13-36-38-35/h3-12,23-24,27-29H,13-22H2,1-2H3/t23-,24-,27?,28?,29-/m0/s1. The Morgan fingerprint density at radius 2 is 1.40 bits per heavy atom. The summed E-state index contributed by atoms with van der Waals surface area (Å²) < 4.78 is 81.9. The molecular formula is C31H41F3N4O7. The summed E-state index contributed by atoms with van der Waals surface area (Å²) >= 11 is 0. The van der Waals surface area contributed by atoms with Gasteiger partial charge in [0.25, 0.3) is 5.90 Å². The average Bonchev–Trinajstić information content (AvgIpc) is 3.03. The molecule has 0 aromatic heterocycles. The molecule has 1 fully saturated rings. The van der Waals surface area contributed by atoms with Gasteiger partial charge in [0.2, 0.25) is 6.29 Å². The van der Waals surface area contributed by atoms with Gasteiger partial charge in [0.05, 0.1) is 71.3 Å². The molecule has 248 valence electrons. The normalized spacial score (nSPS) is 22.2. The van der Waals surface area contributed by atoms with Gasteiger partial charge in [0, 0.05) is 11.5 Å². The van der Waals surface area contributed by atoms with Crippen LogP contribution in [0.15, 0.2) is 70.8 Å². The van der Waals surface area contributed by atoms with Crippen LogP contribution in [0.5, 0.6) is 0 Å². The van der Waals surface area contributed by atoms with Crippen molar-refractivity contribution in [1.29, 1.82) is 0 Å². The zero-order valence-electron chi connectivity index (χ0n) is 25.5. The highest BCUT2D eigenvalue weighted by atomic mass is 19.4. The summed E-state index contributed by atoms with van der Waals surface area (Å²) in [6.07, 6.45) is -7.61. The molecule has 2 aromatic rings. The molecule has 14 heteroatoms. The van der Waals surface area contributed by atoms with E-state index in [-0.39, 0.29) is 43.9 Å². The lowest BCUT2D eigenvalue weighted by Gasteiger charge is -2.44. The van der Waals surface area contributed by atoms with Crippen LogP contribution in [-0.4, -0.2) is 90.0 Å². The van der Waals surface area contributed by atoms with E-state index < -0.39 is 30.6 Å². The van der Waals surface area contributed by atoms with Gasteiger partial charge in [-0.15, -0.1) is 0 Å². The number of para-hydroxylation sites is 1. The van der Waals surface area contributed by atoms with Gasteiger partial charge in [-0.05, 0) is 35.1 Å². The fourth-order valence-corrected chi connectivity index (χ4v) is 4.44. The summed E-state index contributed by atoms with van der Waals surface area (Å²) in [4.78, 5) is 6.38. The number of rotatable bonds is 19. The largest absolute Gasteiger partial charge is 0.468 e. The van der Waals surface area contributed by atoms with Gasteiger partial charge in [-0.1, -0.05) is 67.5 Å². The third-order valence-electron chi connectivity index (χ3n) is 7.05. The lowest BCUT2D eigenvalue weighted by atomic mass is 9.83. The molecule has 0 N–H and O–H groups in total. The van der Waals surface area contributed by atoms with Crippen molar-refractivity contribution in [2.75, 3.05) is 59.4 Å². The van der Waals surface area contributed by atoms with Crippen molar-refractivity contribution in [2.24, 2.45) is 21.9 Å². The van der Waals surface area contributed by atoms with Crippen molar-refractivity contribution >= 4 is 11.6 Å². The van der Waals surface area contributed by atoms with Crippen LogP contribution in [0, 0.1) is 11.8 Å². The van der Waals surface area contributed by atoms with Gasteiger partial charge in [-0.2, -0.15) is 13.2 Å². The summed E-state index contributed by atoms with van der Waals surface area (Å²) in [5.74, 6) is -1.76. The maximum absolute atomic E-state index is 14.1. The van der Waals surface area contributed by atoms with Crippen LogP contribution in [0.3, 0.4) is 0 Å². The quantitative estimate of drug-likeness (QED) is 0.0444. The average molecular weight is 639 g/mol. The summed E-state index contributed by atoms with van der Waals surface area (Å²) in [6.45, 7) is 6.81. The Morgan fingerprint density at radius 1 is 0.822 bits per heavy atom. The van der Waals surface area contributed by atoms with Crippen LogP contribution in [-0.2, 0) is 39.8 Å². The fourth-order valence-electron chi connectivity index (χ4n) is 4.44. The van der Waals surface area contributed by atoms with Crippen LogP contribution in [0.25, 0.3) is 10.4 Å². The number of alkyl halides is 3. The smallest absolute Gasteiger partial charge is 0.441 e. The number of aliphatic imine (C=N–C) groups is 1. The van der Waals surface area contributed by atoms with Crippen molar-refractivity contribution in [2.45, 2.75) is 45.1 Å². The first kappa shape index (κ1) is 36.2. The van der Waals surface area contributed by atoms with Gasteiger partial charge in [-0.25, -0.2) is 4.99 Å². The van der Waals surface area contributed by atoms with Gasteiger partial charge in [0.15, 0.2) is 0 Å². The Labute approximate surface area is 261 Å². The molecule has 0 amide bonds. The van der Waals surface area contributed by atoms with E-state index in [1.54, 1.807) is 18.2 Å². The van der Waals surface area contributed by atoms with E-state index in [1.807, 2.05) is 44.2 Å². The first-order valence-electron chi connectivity index (χ1n) is 14.8.